The van der Waals surface area contributed by atoms with Crippen LogP contribution in [0.3, 0.4) is 0 Å². The molecule has 16 heteroatoms. The SMILES string of the molecule is COC(=O)CC(O)C1(C)C(C(C)(C)O)C(=O)C(O)C2(C)C1CCC(C)(C(OC1OC(CO)C(O)C(O)C1O)c1ccoc1)C21OC1C(=O)O. The predicted octanol–water partition coefficient (Wildman–Crippen LogP) is -0.957. The summed E-state index contributed by atoms with van der Waals surface area (Å²) < 4.78 is 28.4. The number of esters is 1. The number of carbonyl (C=O) groups is 3. The number of aliphatic carboxylic acids is 1. The summed E-state index contributed by atoms with van der Waals surface area (Å²) >= 11 is 0. The lowest BCUT2D eigenvalue weighted by Crippen LogP contribution is -2.76. The molecule has 2 aliphatic carbocycles. The lowest BCUT2D eigenvalue weighted by Gasteiger charge is -2.67. The first-order valence-electron chi connectivity index (χ1n) is 16.3. The van der Waals surface area contributed by atoms with E-state index in [0.29, 0.717) is 5.56 Å². The zero-order chi connectivity index (χ0) is 36.6. The number of epoxide rings is 1. The Morgan fingerprint density at radius 2 is 1.76 bits per heavy atom. The number of ketones is 1. The van der Waals surface area contributed by atoms with E-state index < -0.39 is 125 Å². The fourth-order valence-electron chi connectivity index (χ4n) is 9.99. The van der Waals surface area contributed by atoms with Crippen LogP contribution in [-0.2, 0) is 33.3 Å². The average Bonchev–Trinajstić information content (AvgIpc) is 3.60. The molecule has 0 amide bonds. The summed E-state index contributed by atoms with van der Waals surface area (Å²) in [5.41, 5.74) is -8.45. The normalized spacial score (nSPS) is 45.0. The number of fused-ring (bicyclic) bond motifs is 2. The first kappa shape index (κ1) is 37.7. The van der Waals surface area contributed by atoms with E-state index >= 15 is 0 Å². The quantitative estimate of drug-likeness (QED) is 0.108. The molecule has 15 atom stereocenters. The molecule has 15 unspecified atom stereocenters. The molecule has 4 fully saturated rings. The van der Waals surface area contributed by atoms with Crippen molar-refractivity contribution >= 4 is 17.7 Å². The zero-order valence-electron chi connectivity index (χ0n) is 28.3. The van der Waals surface area contributed by atoms with Crippen LogP contribution in [0.5, 0.6) is 0 Å². The van der Waals surface area contributed by atoms with E-state index in [4.69, 9.17) is 23.4 Å². The smallest absolute Gasteiger partial charge is 0.335 e. The molecule has 2 aliphatic heterocycles. The number of carbonyl (C=O) groups excluding carboxylic acids is 2. The van der Waals surface area contributed by atoms with Crippen LogP contribution in [0.1, 0.15) is 65.5 Å². The molecular formula is C33H48O16. The van der Waals surface area contributed by atoms with Gasteiger partial charge in [-0.25, -0.2) is 4.79 Å². The van der Waals surface area contributed by atoms with Crippen LogP contribution in [0.4, 0.5) is 0 Å². The highest BCUT2D eigenvalue weighted by atomic mass is 16.7. The Morgan fingerprint density at radius 1 is 1.10 bits per heavy atom. The molecule has 49 heavy (non-hydrogen) atoms. The highest BCUT2D eigenvalue weighted by Gasteiger charge is 2.87. The Bertz CT molecular complexity index is 1410. The maximum Gasteiger partial charge on any atom is 0.335 e. The molecule has 276 valence electrons. The minimum atomic E-state index is -1.95. The van der Waals surface area contributed by atoms with Gasteiger partial charge in [-0.15, -0.1) is 0 Å². The predicted molar refractivity (Wildman–Crippen MR) is 162 cm³/mol. The van der Waals surface area contributed by atoms with Gasteiger partial charge in [0.2, 0.25) is 0 Å². The highest BCUT2D eigenvalue weighted by Crippen LogP contribution is 2.77. The second-order valence-electron chi connectivity index (χ2n) is 15.2. The van der Waals surface area contributed by atoms with Crippen molar-refractivity contribution in [2.75, 3.05) is 13.7 Å². The van der Waals surface area contributed by atoms with E-state index in [1.165, 1.54) is 46.3 Å². The van der Waals surface area contributed by atoms with Crippen molar-refractivity contribution in [1.82, 2.24) is 0 Å². The zero-order valence-corrected chi connectivity index (χ0v) is 28.3. The molecule has 0 aromatic carbocycles. The molecule has 16 nitrogen and oxygen atoms in total. The molecule has 2 saturated heterocycles. The van der Waals surface area contributed by atoms with Crippen molar-refractivity contribution in [2.45, 2.75) is 120 Å². The van der Waals surface area contributed by atoms with Crippen molar-refractivity contribution in [1.29, 1.82) is 0 Å². The largest absolute Gasteiger partial charge is 0.479 e. The number of hydrogen-bond acceptors (Lipinski definition) is 15. The topological polar surface area (TPSA) is 266 Å². The monoisotopic (exact) mass is 700 g/mol. The third kappa shape index (κ3) is 5.29. The first-order chi connectivity index (χ1) is 22.7. The molecule has 1 spiro atoms. The van der Waals surface area contributed by atoms with Gasteiger partial charge in [-0.2, -0.15) is 0 Å². The number of methoxy groups -OCH3 is 1. The number of carboxylic acids is 1. The van der Waals surface area contributed by atoms with Gasteiger partial charge >= 0.3 is 11.9 Å². The lowest BCUT2D eigenvalue weighted by atomic mass is 9.36. The Hall–Kier alpha value is -2.51. The second kappa shape index (κ2) is 12.6. The van der Waals surface area contributed by atoms with Crippen LogP contribution < -0.4 is 0 Å². The van der Waals surface area contributed by atoms with E-state index in [-0.39, 0.29) is 12.8 Å². The van der Waals surface area contributed by atoms with Gasteiger partial charge in [0.25, 0.3) is 0 Å². The molecule has 2 saturated carbocycles. The first-order valence-corrected chi connectivity index (χ1v) is 16.3. The second-order valence-corrected chi connectivity index (χ2v) is 15.2. The molecule has 3 heterocycles. The number of furan rings is 1. The van der Waals surface area contributed by atoms with Gasteiger partial charge in [0, 0.05) is 21.8 Å². The maximum atomic E-state index is 14.4. The van der Waals surface area contributed by atoms with Gasteiger partial charge in [0.1, 0.15) is 36.1 Å². The number of Topliss-reactive ketones (excluding diaryl/α,β-unsaturated/α-hetero) is 1. The molecule has 8 N–H and O–H groups in total. The summed E-state index contributed by atoms with van der Waals surface area (Å²) in [4.78, 5) is 39.7. The van der Waals surface area contributed by atoms with E-state index in [1.54, 1.807) is 6.92 Å². The highest BCUT2D eigenvalue weighted by molar-refractivity contribution is 5.90. The van der Waals surface area contributed by atoms with Crippen LogP contribution in [0.25, 0.3) is 0 Å². The van der Waals surface area contributed by atoms with E-state index in [2.05, 4.69) is 0 Å². The summed E-state index contributed by atoms with van der Waals surface area (Å²) in [6, 6.07) is 1.51. The minimum absolute atomic E-state index is 0.0321. The number of aliphatic hydroxyl groups is 7. The minimum Gasteiger partial charge on any atom is -0.479 e. The van der Waals surface area contributed by atoms with Crippen LogP contribution in [0, 0.1) is 28.1 Å². The lowest BCUT2D eigenvalue weighted by molar-refractivity contribution is -0.332. The van der Waals surface area contributed by atoms with Crippen molar-refractivity contribution in [3.05, 3.63) is 24.2 Å². The van der Waals surface area contributed by atoms with Crippen molar-refractivity contribution < 1.29 is 78.6 Å². The van der Waals surface area contributed by atoms with Gasteiger partial charge in [0.05, 0.1) is 56.4 Å². The Labute approximate surface area is 282 Å². The van der Waals surface area contributed by atoms with E-state index in [1.807, 2.05) is 0 Å². The Morgan fingerprint density at radius 3 is 2.27 bits per heavy atom. The average molecular weight is 701 g/mol. The fraction of sp³-hybridized carbons (Fsp3) is 0.788. The molecule has 0 bridgehead atoms. The van der Waals surface area contributed by atoms with E-state index in [0.717, 1.165) is 7.11 Å². The van der Waals surface area contributed by atoms with Gasteiger partial charge in [-0.3, -0.25) is 9.59 Å². The summed E-state index contributed by atoms with van der Waals surface area (Å²) in [7, 11) is 1.13. The van der Waals surface area contributed by atoms with Crippen LogP contribution in [0.15, 0.2) is 23.0 Å². The summed E-state index contributed by atoms with van der Waals surface area (Å²) in [6.45, 7) is 6.62. The van der Waals surface area contributed by atoms with Crippen molar-refractivity contribution in [3.63, 3.8) is 0 Å². The number of rotatable bonds is 10. The van der Waals surface area contributed by atoms with Crippen molar-refractivity contribution in [3.8, 4) is 0 Å². The molecule has 5 rings (SSSR count). The summed E-state index contributed by atoms with van der Waals surface area (Å²) in [5.74, 6) is -5.49. The molecule has 1 aromatic rings. The number of aliphatic hydroxyl groups excluding tert-OH is 6. The van der Waals surface area contributed by atoms with Crippen molar-refractivity contribution in [2.24, 2.45) is 28.1 Å². The Kier molecular flexibility index (Phi) is 9.71. The molecule has 1 aromatic heterocycles. The maximum absolute atomic E-state index is 14.4. The molecular weight excluding hydrogens is 652 g/mol. The third-order valence-corrected chi connectivity index (χ3v) is 12.2. The summed E-state index contributed by atoms with van der Waals surface area (Å²) in [5, 5.41) is 87.3. The molecule has 0 radical (unpaired) electrons. The van der Waals surface area contributed by atoms with Gasteiger partial charge in [-0.1, -0.05) is 20.8 Å². The summed E-state index contributed by atoms with van der Waals surface area (Å²) in [6.07, 6.45) is -12.7. The van der Waals surface area contributed by atoms with Crippen LogP contribution in [0.2, 0.25) is 0 Å². The molecule has 4 aliphatic rings. The number of ether oxygens (including phenoxy) is 4. The van der Waals surface area contributed by atoms with Gasteiger partial charge in [-0.05, 0) is 38.7 Å². The van der Waals surface area contributed by atoms with Gasteiger partial charge in [0.15, 0.2) is 18.2 Å². The van der Waals surface area contributed by atoms with Crippen LogP contribution >= 0.6 is 0 Å². The van der Waals surface area contributed by atoms with Gasteiger partial charge < -0.3 is 64.2 Å². The third-order valence-electron chi connectivity index (χ3n) is 12.2. The number of hydrogen-bond donors (Lipinski definition) is 8. The standard InChI is InChI=1S/C33H48O16/c1-29(2,44)23-22(40)24(41)32(5)16(31(23,4)17(35)11-18(36)45-6)7-9-30(3,33(32)26(49-33)27(42)43)25(14-8-10-46-13-14)48-28-21(39)20(38)19(37)15(12-34)47-28/h8,10,13,15-17,19-21,23-26,28,34-35,37-39,41,44H,7,9,11-12H2,1-6H3,(H,42,43). The number of carboxylic acid groups (broad SMARTS) is 1. The fourth-order valence-corrected chi connectivity index (χ4v) is 9.99. The Balaban J connectivity index is 1.70. The van der Waals surface area contributed by atoms with E-state index in [9.17, 15) is 55.2 Å². The van der Waals surface area contributed by atoms with Crippen LogP contribution in [-0.4, -0.2) is 133 Å².